The van der Waals surface area contributed by atoms with Crippen molar-refractivity contribution in [2.45, 2.75) is 26.2 Å². The van der Waals surface area contributed by atoms with Crippen molar-refractivity contribution in [3.63, 3.8) is 0 Å². The Morgan fingerprint density at radius 2 is 1.95 bits per heavy atom. The van der Waals surface area contributed by atoms with Crippen LogP contribution in [0.25, 0.3) is 0 Å². The van der Waals surface area contributed by atoms with Gasteiger partial charge in [-0.3, -0.25) is 0 Å². The molecule has 3 nitrogen and oxygen atoms in total. The van der Waals surface area contributed by atoms with Gasteiger partial charge in [-0.1, -0.05) is 17.4 Å². The van der Waals surface area contributed by atoms with Gasteiger partial charge < -0.3 is 4.90 Å². The van der Waals surface area contributed by atoms with Crippen LogP contribution in [-0.4, -0.2) is 23.3 Å². The quantitative estimate of drug-likeness (QED) is 0.868. The SMILES string of the molecule is Cc1nnc(N2CCC(Cc3ccc(F)c(F)c3)CC2)s1. The normalized spacial score (nSPS) is 16.4. The Morgan fingerprint density at radius 1 is 1.19 bits per heavy atom. The molecule has 1 aromatic carbocycles. The second-order valence-corrected chi connectivity index (χ2v) is 6.65. The van der Waals surface area contributed by atoms with E-state index in [2.05, 4.69) is 15.1 Å². The number of nitrogens with zero attached hydrogens (tertiary/aromatic N) is 3. The molecule has 0 atom stereocenters. The van der Waals surface area contributed by atoms with Crippen molar-refractivity contribution in [3.05, 3.63) is 40.4 Å². The van der Waals surface area contributed by atoms with E-state index in [0.717, 1.165) is 48.1 Å². The highest BCUT2D eigenvalue weighted by atomic mass is 32.1. The van der Waals surface area contributed by atoms with Crippen molar-refractivity contribution in [2.75, 3.05) is 18.0 Å². The zero-order valence-corrected chi connectivity index (χ0v) is 12.7. The fraction of sp³-hybridized carbons (Fsp3) is 0.467. The number of benzene rings is 1. The summed E-state index contributed by atoms with van der Waals surface area (Å²) in [6, 6.07) is 4.21. The standard InChI is InChI=1S/C15H17F2N3S/c1-10-18-19-15(21-10)20-6-4-11(5-7-20)8-12-2-3-13(16)14(17)9-12/h2-3,9,11H,4-8H2,1H3. The fourth-order valence-corrected chi connectivity index (χ4v) is 3.48. The van der Waals surface area contributed by atoms with Crippen molar-refractivity contribution in [1.29, 1.82) is 0 Å². The molecule has 2 aromatic rings. The average molecular weight is 309 g/mol. The van der Waals surface area contributed by atoms with Gasteiger partial charge in [-0.25, -0.2) is 8.78 Å². The van der Waals surface area contributed by atoms with Gasteiger partial charge in [0.1, 0.15) is 5.01 Å². The van der Waals surface area contributed by atoms with E-state index in [1.807, 2.05) is 6.92 Å². The van der Waals surface area contributed by atoms with Crippen LogP contribution in [0.15, 0.2) is 18.2 Å². The zero-order chi connectivity index (χ0) is 14.8. The van der Waals surface area contributed by atoms with Crippen LogP contribution >= 0.6 is 11.3 Å². The Hall–Kier alpha value is -1.56. The van der Waals surface area contributed by atoms with Crippen molar-refractivity contribution in [1.82, 2.24) is 10.2 Å². The number of piperidine rings is 1. The summed E-state index contributed by atoms with van der Waals surface area (Å²) in [7, 11) is 0. The predicted octanol–water partition coefficient (Wildman–Crippen LogP) is 3.58. The summed E-state index contributed by atoms with van der Waals surface area (Å²) in [6.45, 7) is 3.85. The van der Waals surface area contributed by atoms with Crippen LogP contribution in [0.2, 0.25) is 0 Å². The van der Waals surface area contributed by atoms with Crippen LogP contribution in [0.5, 0.6) is 0 Å². The summed E-state index contributed by atoms with van der Waals surface area (Å²) in [5.74, 6) is -1.02. The summed E-state index contributed by atoms with van der Waals surface area (Å²) in [6.07, 6.45) is 2.88. The average Bonchev–Trinajstić information content (AvgIpc) is 2.90. The molecule has 0 radical (unpaired) electrons. The Morgan fingerprint density at radius 3 is 2.57 bits per heavy atom. The zero-order valence-electron chi connectivity index (χ0n) is 11.9. The van der Waals surface area contributed by atoms with Gasteiger partial charge in [-0.05, 0) is 49.8 Å². The Bertz CT molecular complexity index is 621. The molecule has 0 unspecified atom stereocenters. The van der Waals surface area contributed by atoms with Crippen molar-refractivity contribution < 1.29 is 8.78 Å². The van der Waals surface area contributed by atoms with Gasteiger partial charge in [0.2, 0.25) is 5.13 Å². The third-order valence-corrected chi connectivity index (χ3v) is 4.81. The summed E-state index contributed by atoms with van der Waals surface area (Å²) < 4.78 is 26.1. The monoisotopic (exact) mass is 309 g/mol. The van der Waals surface area contributed by atoms with E-state index in [0.29, 0.717) is 5.92 Å². The first-order valence-corrected chi connectivity index (χ1v) is 7.92. The van der Waals surface area contributed by atoms with Gasteiger partial charge in [-0.2, -0.15) is 0 Å². The minimum Gasteiger partial charge on any atom is -0.347 e. The minimum atomic E-state index is -0.778. The van der Waals surface area contributed by atoms with E-state index < -0.39 is 11.6 Å². The number of hydrogen-bond donors (Lipinski definition) is 0. The summed E-state index contributed by atoms with van der Waals surface area (Å²) >= 11 is 1.62. The molecule has 21 heavy (non-hydrogen) atoms. The number of hydrogen-bond acceptors (Lipinski definition) is 4. The third-order valence-electron chi connectivity index (χ3n) is 3.91. The molecule has 1 saturated heterocycles. The van der Waals surface area contributed by atoms with E-state index in [1.54, 1.807) is 17.4 Å². The molecule has 0 aliphatic carbocycles. The maximum Gasteiger partial charge on any atom is 0.208 e. The van der Waals surface area contributed by atoms with Crippen molar-refractivity contribution in [3.8, 4) is 0 Å². The lowest BCUT2D eigenvalue weighted by atomic mass is 9.90. The van der Waals surface area contributed by atoms with Crippen molar-refractivity contribution >= 4 is 16.5 Å². The van der Waals surface area contributed by atoms with Gasteiger partial charge in [0.05, 0.1) is 0 Å². The summed E-state index contributed by atoms with van der Waals surface area (Å²) in [5, 5.41) is 10.2. The molecule has 0 N–H and O–H groups in total. The largest absolute Gasteiger partial charge is 0.347 e. The lowest BCUT2D eigenvalue weighted by Gasteiger charge is -2.31. The van der Waals surface area contributed by atoms with Gasteiger partial charge in [-0.15, -0.1) is 10.2 Å². The molecule has 0 spiro atoms. The maximum atomic E-state index is 13.2. The molecule has 0 amide bonds. The maximum absolute atomic E-state index is 13.2. The second kappa shape index (κ2) is 6.05. The smallest absolute Gasteiger partial charge is 0.208 e. The van der Waals surface area contributed by atoms with E-state index >= 15 is 0 Å². The first kappa shape index (κ1) is 14.4. The van der Waals surface area contributed by atoms with Gasteiger partial charge in [0.25, 0.3) is 0 Å². The summed E-state index contributed by atoms with van der Waals surface area (Å²) in [5.41, 5.74) is 0.874. The van der Waals surface area contributed by atoms with Crippen LogP contribution in [0.3, 0.4) is 0 Å². The third kappa shape index (κ3) is 3.37. The Balaban J connectivity index is 1.57. The van der Waals surface area contributed by atoms with Gasteiger partial charge >= 0.3 is 0 Å². The lowest BCUT2D eigenvalue weighted by molar-refractivity contribution is 0.401. The van der Waals surface area contributed by atoms with E-state index in [-0.39, 0.29) is 0 Å². The number of aromatic nitrogens is 2. The highest BCUT2D eigenvalue weighted by Gasteiger charge is 2.22. The topological polar surface area (TPSA) is 29.0 Å². The van der Waals surface area contributed by atoms with Crippen LogP contribution in [0.4, 0.5) is 13.9 Å². The number of halogens is 2. The lowest BCUT2D eigenvalue weighted by Crippen LogP contribution is -2.34. The molecular formula is C15H17F2N3S. The number of rotatable bonds is 3. The minimum absolute atomic E-state index is 0.514. The molecule has 3 rings (SSSR count). The molecule has 112 valence electrons. The van der Waals surface area contributed by atoms with E-state index in [9.17, 15) is 8.78 Å². The Kier molecular flexibility index (Phi) is 4.14. The molecule has 1 fully saturated rings. The molecule has 1 aliphatic rings. The molecule has 1 aromatic heterocycles. The second-order valence-electron chi connectivity index (χ2n) is 5.49. The van der Waals surface area contributed by atoms with E-state index in [4.69, 9.17) is 0 Å². The number of anilines is 1. The highest BCUT2D eigenvalue weighted by Crippen LogP contribution is 2.27. The molecule has 1 aliphatic heterocycles. The predicted molar refractivity (Wildman–Crippen MR) is 79.6 cm³/mol. The molecule has 0 bridgehead atoms. The Labute approximate surface area is 126 Å². The van der Waals surface area contributed by atoms with Gasteiger partial charge in [0.15, 0.2) is 11.6 Å². The molecule has 6 heteroatoms. The molecule has 2 heterocycles. The summed E-state index contributed by atoms with van der Waals surface area (Å²) in [4.78, 5) is 2.26. The van der Waals surface area contributed by atoms with Crippen LogP contribution in [-0.2, 0) is 6.42 Å². The molecular weight excluding hydrogens is 292 g/mol. The van der Waals surface area contributed by atoms with Crippen molar-refractivity contribution in [2.24, 2.45) is 5.92 Å². The van der Waals surface area contributed by atoms with Crippen LogP contribution in [0.1, 0.15) is 23.4 Å². The first-order chi connectivity index (χ1) is 10.1. The molecule has 0 saturated carbocycles. The van der Waals surface area contributed by atoms with Crippen LogP contribution < -0.4 is 4.90 Å². The highest BCUT2D eigenvalue weighted by molar-refractivity contribution is 7.15. The van der Waals surface area contributed by atoms with E-state index in [1.165, 1.54) is 12.1 Å². The van der Waals surface area contributed by atoms with Gasteiger partial charge in [0, 0.05) is 13.1 Å². The number of aryl methyl sites for hydroxylation is 1. The first-order valence-electron chi connectivity index (χ1n) is 7.11. The fourth-order valence-electron chi connectivity index (χ4n) is 2.74. The van der Waals surface area contributed by atoms with Crippen LogP contribution in [0, 0.1) is 24.5 Å².